The third-order valence-electron chi connectivity index (χ3n) is 4.81. The number of fused-ring (bicyclic) bond motifs is 1. The van der Waals surface area contributed by atoms with E-state index in [1.165, 1.54) is 0 Å². The van der Waals surface area contributed by atoms with E-state index in [1.807, 2.05) is 18.2 Å². The smallest absolute Gasteiger partial charge is 0.313 e. The summed E-state index contributed by atoms with van der Waals surface area (Å²) in [5, 5.41) is 10.4. The lowest BCUT2D eigenvalue weighted by Crippen LogP contribution is -2.46. The first kappa shape index (κ1) is 15.2. The Kier molecular flexibility index (Phi) is 3.57. The average Bonchev–Trinajstić information content (AvgIpc) is 3.39. The minimum Gasteiger partial charge on any atom is -0.481 e. The number of carboxylic acids is 1. The normalized spacial score (nSPS) is 23.0. The van der Waals surface area contributed by atoms with Crippen molar-refractivity contribution in [1.82, 2.24) is 4.90 Å². The number of carbonyl (C=O) groups is 2. The van der Waals surface area contributed by atoms with Crippen LogP contribution in [0.2, 0.25) is 5.02 Å². The maximum atomic E-state index is 13.1. The van der Waals surface area contributed by atoms with Crippen LogP contribution in [-0.2, 0) is 4.79 Å². The highest BCUT2D eigenvalue weighted by Gasteiger charge is 2.49. The zero-order chi connectivity index (χ0) is 16.8. The molecule has 2 aliphatic rings. The lowest BCUT2D eigenvalue weighted by Gasteiger charge is -2.41. The van der Waals surface area contributed by atoms with Crippen molar-refractivity contribution < 1.29 is 14.7 Å². The molecule has 122 valence electrons. The molecule has 2 aromatic rings. The van der Waals surface area contributed by atoms with E-state index in [0.29, 0.717) is 21.7 Å². The fourth-order valence-corrected chi connectivity index (χ4v) is 3.86. The summed E-state index contributed by atoms with van der Waals surface area (Å²) in [6.07, 6.45) is 1.81. The molecule has 0 aromatic heterocycles. The summed E-state index contributed by atoms with van der Waals surface area (Å²) in [7, 11) is 0. The van der Waals surface area contributed by atoms with Gasteiger partial charge in [-0.2, -0.15) is 0 Å². The summed E-state index contributed by atoms with van der Waals surface area (Å²) in [5.74, 6) is -1.86. The summed E-state index contributed by atoms with van der Waals surface area (Å²) < 4.78 is 0. The fourth-order valence-electron chi connectivity index (χ4n) is 3.62. The van der Waals surface area contributed by atoms with Crippen LogP contribution in [0.3, 0.4) is 0 Å². The van der Waals surface area contributed by atoms with Crippen LogP contribution in [-0.4, -0.2) is 27.9 Å². The van der Waals surface area contributed by atoms with Gasteiger partial charge in [-0.15, -0.1) is 0 Å². The van der Waals surface area contributed by atoms with E-state index in [1.54, 1.807) is 35.2 Å². The molecule has 2 aromatic carbocycles. The monoisotopic (exact) mass is 341 g/mol. The van der Waals surface area contributed by atoms with Crippen molar-refractivity contribution >= 4 is 23.5 Å². The topological polar surface area (TPSA) is 57.6 Å². The van der Waals surface area contributed by atoms with Crippen LogP contribution < -0.4 is 0 Å². The molecule has 4 nitrogen and oxygen atoms in total. The summed E-state index contributed by atoms with van der Waals surface area (Å²) in [6, 6.07) is 13.7. The van der Waals surface area contributed by atoms with Gasteiger partial charge in [0.05, 0.1) is 6.04 Å². The van der Waals surface area contributed by atoms with Crippen molar-refractivity contribution in [3.63, 3.8) is 0 Å². The van der Waals surface area contributed by atoms with Crippen molar-refractivity contribution in [2.24, 2.45) is 0 Å². The second kappa shape index (κ2) is 5.64. The molecule has 0 radical (unpaired) electrons. The Morgan fingerprint density at radius 3 is 2.29 bits per heavy atom. The lowest BCUT2D eigenvalue weighted by molar-refractivity contribution is -0.140. The first-order chi connectivity index (χ1) is 11.6. The summed E-state index contributed by atoms with van der Waals surface area (Å²) >= 11 is 6.36. The Morgan fingerprint density at radius 2 is 1.67 bits per heavy atom. The largest absolute Gasteiger partial charge is 0.481 e. The van der Waals surface area contributed by atoms with Gasteiger partial charge >= 0.3 is 5.97 Å². The van der Waals surface area contributed by atoms with Gasteiger partial charge in [0.2, 0.25) is 0 Å². The van der Waals surface area contributed by atoms with Crippen LogP contribution in [0, 0.1) is 0 Å². The molecule has 1 amide bonds. The first-order valence-electron chi connectivity index (χ1n) is 7.98. The third-order valence-corrected chi connectivity index (χ3v) is 5.15. The van der Waals surface area contributed by atoms with Gasteiger partial charge in [-0.25, -0.2) is 0 Å². The molecule has 1 aliphatic carbocycles. The molecule has 0 bridgehead atoms. The first-order valence-corrected chi connectivity index (χ1v) is 8.36. The van der Waals surface area contributed by atoms with E-state index in [4.69, 9.17) is 11.6 Å². The van der Waals surface area contributed by atoms with Crippen LogP contribution in [0.5, 0.6) is 0 Å². The van der Waals surface area contributed by atoms with E-state index in [9.17, 15) is 14.7 Å². The Morgan fingerprint density at radius 1 is 1.04 bits per heavy atom. The van der Waals surface area contributed by atoms with Crippen LogP contribution >= 0.6 is 11.6 Å². The number of amides is 1. The molecule has 2 atom stereocenters. The molecule has 1 heterocycles. The minimum atomic E-state index is -0.939. The molecular formula is C19H16ClNO3. The van der Waals surface area contributed by atoms with Crippen LogP contribution in [0.25, 0.3) is 0 Å². The van der Waals surface area contributed by atoms with E-state index in [-0.39, 0.29) is 11.9 Å². The van der Waals surface area contributed by atoms with Crippen LogP contribution in [0.15, 0.2) is 48.5 Å². The van der Waals surface area contributed by atoms with Gasteiger partial charge in [-0.05, 0) is 36.1 Å². The predicted octanol–water partition coefficient (Wildman–Crippen LogP) is 3.87. The van der Waals surface area contributed by atoms with Crippen molar-refractivity contribution in [2.75, 3.05) is 0 Å². The number of rotatable bonds is 3. The quantitative estimate of drug-likeness (QED) is 0.922. The van der Waals surface area contributed by atoms with E-state index >= 15 is 0 Å². The zero-order valence-corrected chi connectivity index (χ0v) is 13.6. The van der Waals surface area contributed by atoms with Gasteiger partial charge in [0.1, 0.15) is 5.92 Å². The Labute approximate surface area is 144 Å². The van der Waals surface area contributed by atoms with E-state index in [2.05, 4.69) is 0 Å². The van der Waals surface area contributed by atoms with Crippen molar-refractivity contribution in [2.45, 2.75) is 30.8 Å². The number of hydrogen-bond donors (Lipinski definition) is 1. The molecular weight excluding hydrogens is 326 g/mol. The average molecular weight is 342 g/mol. The van der Waals surface area contributed by atoms with Crippen molar-refractivity contribution in [3.05, 3.63) is 70.2 Å². The molecule has 1 fully saturated rings. The molecule has 0 saturated heterocycles. The van der Waals surface area contributed by atoms with Crippen LogP contribution in [0.4, 0.5) is 0 Å². The molecule has 4 rings (SSSR count). The van der Waals surface area contributed by atoms with E-state index < -0.39 is 17.9 Å². The number of carboxylic acid groups (broad SMARTS) is 1. The summed E-state index contributed by atoms with van der Waals surface area (Å²) in [4.78, 5) is 26.9. The standard InChI is InChI=1S/C19H16ClNO3/c20-15-8-4-3-7-14(15)17-16(19(23)24)12-5-1-2-6-13(12)18(22)21(17)11-9-10-11/h1-8,11,16-17H,9-10H2,(H,23,24)/t16-,17+/m0/s1. The maximum Gasteiger partial charge on any atom is 0.313 e. The number of benzene rings is 2. The number of halogens is 1. The lowest BCUT2D eigenvalue weighted by atomic mass is 9.79. The highest BCUT2D eigenvalue weighted by molar-refractivity contribution is 6.31. The van der Waals surface area contributed by atoms with Crippen molar-refractivity contribution in [3.8, 4) is 0 Å². The molecule has 5 heteroatoms. The predicted molar refractivity (Wildman–Crippen MR) is 90.2 cm³/mol. The van der Waals surface area contributed by atoms with Gasteiger partial charge < -0.3 is 10.0 Å². The van der Waals surface area contributed by atoms with Gasteiger partial charge in [-0.1, -0.05) is 48.0 Å². The van der Waals surface area contributed by atoms with Gasteiger partial charge in [0.25, 0.3) is 5.91 Å². The Hall–Kier alpha value is -2.33. The molecule has 1 aliphatic heterocycles. The second-order valence-electron chi connectivity index (χ2n) is 6.31. The van der Waals surface area contributed by atoms with Gasteiger partial charge in [0.15, 0.2) is 0 Å². The molecule has 0 unspecified atom stereocenters. The molecule has 1 saturated carbocycles. The second-order valence-corrected chi connectivity index (χ2v) is 6.72. The molecule has 0 spiro atoms. The summed E-state index contributed by atoms with van der Waals surface area (Å²) in [5.41, 5.74) is 1.75. The Balaban J connectivity index is 1.95. The zero-order valence-electron chi connectivity index (χ0n) is 12.9. The van der Waals surface area contributed by atoms with Crippen molar-refractivity contribution in [1.29, 1.82) is 0 Å². The van der Waals surface area contributed by atoms with E-state index in [0.717, 1.165) is 12.8 Å². The SMILES string of the molecule is O=C(O)[C@H]1c2ccccc2C(=O)N(C2CC2)[C@@H]1c1ccccc1Cl. The van der Waals surface area contributed by atoms with Gasteiger partial charge in [0, 0.05) is 16.6 Å². The van der Waals surface area contributed by atoms with Gasteiger partial charge in [-0.3, -0.25) is 9.59 Å². The molecule has 24 heavy (non-hydrogen) atoms. The third kappa shape index (κ3) is 2.29. The number of hydrogen-bond acceptors (Lipinski definition) is 2. The maximum absolute atomic E-state index is 13.1. The highest BCUT2D eigenvalue weighted by atomic mass is 35.5. The summed E-state index contributed by atoms with van der Waals surface area (Å²) in [6.45, 7) is 0. The number of aliphatic carboxylic acids is 1. The number of carbonyl (C=O) groups excluding carboxylic acids is 1. The number of nitrogens with zero attached hydrogens (tertiary/aromatic N) is 1. The fraction of sp³-hybridized carbons (Fsp3) is 0.263. The van der Waals surface area contributed by atoms with Crippen LogP contribution in [0.1, 0.15) is 46.3 Å². The Bertz CT molecular complexity index is 831. The minimum absolute atomic E-state index is 0.0916. The molecule has 1 N–H and O–H groups in total. The highest BCUT2D eigenvalue weighted by Crippen LogP contribution is 2.48.